The van der Waals surface area contributed by atoms with Gasteiger partial charge in [-0.3, -0.25) is 4.79 Å². The molecule has 0 saturated carbocycles. The molecule has 0 atom stereocenters. The third-order valence-corrected chi connectivity index (χ3v) is 6.90. The number of aromatic nitrogens is 2. The average molecular weight is 426 g/mol. The number of hydrogen-bond acceptors (Lipinski definition) is 6. The maximum Gasteiger partial charge on any atom is 0.260 e. The fourth-order valence-corrected chi connectivity index (χ4v) is 4.85. The van der Waals surface area contributed by atoms with Gasteiger partial charge < -0.3 is 9.64 Å². The van der Waals surface area contributed by atoms with Crippen LogP contribution in [0.4, 0.5) is 0 Å². The number of nitrogens with zero attached hydrogens (tertiary/aromatic N) is 4. The standard InChI is InChI=1S/C21H22N4O4S/c1-16-22-19-10-6-5-9-18(19)21(23-16)29-15-20(26)24-11-13-25(14-12-24)30(27,28)17-7-3-2-4-8-17/h2-10H,11-15H2,1H3. The van der Waals surface area contributed by atoms with Crippen molar-refractivity contribution >= 4 is 26.8 Å². The molecule has 9 heteroatoms. The minimum atomic E-state index is -3.55. The van der Waals surface area contributed by atoms with Gasteiger partial charge in [0.05, 0.1) is 15.8 Å². The first kappa shape index (κ1) is 20.2. The number of sulfonamides is 1. The molecule has 2 aromatic carbocycles. The Labute approximate surface area is 175 Å². The number of para-hydroxylation sites is 1. The maximum atomic E-state index is 12.7. The zero-order chi connectivity index (χ0) is 21.1. The number of piperazine rings is 1. The van der Waals surface area contributed by atoms with Crippen LogP contribution in [0, 0.1) is 6.92 Å². The third-order valence-electron chi connectivity index (χ3n) is 4.98. The molecule has 4 rings (SSSR count). The molecule has 0 bridgehead atoms. The Balaban J connectivity index is 1.38. The van der Waals surface area contributed by atoms with Gasteiger partial charge in [0.1, 0.15) is 5.82 Å². The van der Waals surface area contributed by atoms with Crippen LogP contribution < -0.4 is 4.74 Å². The fraction of sp³-hybridized carbons (Fsp3) is 0.286. The first-order valence-electron chi connectivity index (χ1n) is 9.64. The molecule has 1 saturated heterocycles. The number of carbonyl (C=O) groups excluding carboxylic acids is 1. The highest BCUT2D eigenvalue weighted by atomic mass is 32.2. The van der Waals surface area contributed by atoms with Gasteiger partial charge in [-0.1, -0.05) is 30.3 Å². The van der Waals surface area contributed by atoms with Crippen LogP contribution in [0.3, 0.4) is 0 Å². The van der Waals surface area contributed by atoms with E-state index in [1.165, 1.54) is 4.31 Å². The van der Waals surface area contributed by atoms with Crippen molar-refractivity contribution in [1.29, 1.82) is 0 Å². The summed E-state index contributed by atoms with van der Waals surface area (Å²) in [7, 11) is -3.55. The molecule has 0 unspecified atom stereocenters. The Morgan fingerprint density at radius 3 is 2.37 bits per heavy atom. The summed E-state index contributed by atoms with van der Waals surface area (Å²) in [4.78, 5) is 23.2. The second-order valence-electron chi connectivity index (χ2n) is 6.98. The van der Waals surface area contributed by atoms with Crippen molar-refractivity contribution in [1.82, 2.24) is 19.2 Å². The van der Waals surface area contributed by atoms with Gasteiger partial charge in [-0.05, 0) is 31.2 Å². The second kappa shape index (κ2) is 8.37. The summed E-state index contributed by atoms with van der Waals surface area (Å²) in [6.07, 6.45) is 0. The van der Waals surface area contributed by atoms with Gasteiger partial charge in [0.2, 0.25) is 15.9 Å². The first-order chi connectivity index (χ1) is 14.4. The largest absolute Gasteiger partial charge is 0.467 e. The monoisotopic (exact) mass is 426 g/mol. The molecule has 0 aliphatic carbocycles. The number of aryl methyl sites for hydroxylation is 1. The molecule has 1 aromatic heterocycles. The molecule has 8 nitrogen and oxygen atoms in total. The summed E-state index contributed by atoms with van der Waals surface area (Å²) in [5, 5.41) is 0.745. The predicted molar refractivity (Wildman–Crippen MR) is 112 cm³/mol. The second-order valence-corrected chi connectivity index (χ2v) is 8.92. The lowest BCUT2D eigenvalue weighted by atomic mass is 10.2. The van der Waals surface area contributed by atoms with Gasteiger partial charge in [0.15, 0.2) is 6.61 Å². The van der Waals surface area contributed by atoms with E-state index in [2.05, 4.69) is 9.97 Å². The number of amides is 1. The number of fused-ring (bicyclic) bond motifs is 1. The predicted octanol–water partition coefficient (Wildman–Crippen LogP) is 1.85. The quantitative estimate of drug-likeness (QED) is 0.618. The van der Waals surface area contributed by atoms with Crippen molar-refractivity contribution in [2.75, 3.05) is 32.8 Å². The molecule has 2 heterocycles. The van der Waals surface area contributed by atoms with Crippen LogP contribution in [0.2, 0.25) is 0 Å². The summed E-state index contributed by atoms with van der Waals surface area (Å²) in [6.45, 7) is 2.74. The van der Waals surface area contributed by atoms with Gasteiger partial charge in [-0.15, -0.1) is 0 Å². The molecule has 0 N–H and O–H groups in total. The van der Waals surface area contributed by atoms with Gasteiger partial charge in [0, 0.05) is 26.2 Å². The highest BCUT2D eigenvalue weighted by molar-refractivity contribution is 7.89. The topological polar surface area (TPSA) is 92.7 Å². The lowest BCUT2D eigenvalue weighted by molar-refractivity contribution is -0.134. The first-order valence-corrected chi connectivity index (χ1v) is 11.1. The molecule has 1 amide bonds. The minimum Gasteiger partial charge on any atom is -0.467 e. The van der Waals surface area contributed by atoms with E-state index in [0.29, 0.717) is 24.8 Å². The lowest BCUT2D eigenvalue weighted by Crippen LogP contribution is -2.51. The molecule has 30 heavy (non-hydrogen) atoms. The number of carbonyl (C=O) groups is 1. The molecule has 3 aromatic rings. The Bertz CT molecular complexity index is 1160. The Kier molecular flexibility index (Phi) is 5.65. The van der Waals surface area contributed by atoms with E-state index in [4.69, 9.17) is 4.74 Å². The van der Waals surface area contributed by atoms with Crippen molar-refractivity contribution < 1.29 is 17.9 Å². The fourth-order valence-electron chi connectivity index (χ4n) is 3.41. The number of hydrogen-bond donors (Lipinski definition) is 0. The van der Waals surface area contributed by atoms with E-state index in [1.807, 2.05) is 24.3 Å². The molecule has 1 fully saturated rings. The summed E-state index contributed by atoms with van der Waals surface area (Å²) in [5.74, 6) is 0.736. The molecular formula is C21H22N4O4S. The molecule has 1 aliphatic rings. The van der Waals surface area contributed by atoms with E-state index in [-0.39, 0.29) is 30.5 Å². The molecule has 0 spiro atoms. The molecule has 1 aliphatic heterocycles. The summed E-state index contributed by atoms with van der Waals surface area (Å²) >= 11 is 0. The van der Waals surface area contributed by atoms with Crippen LogP contribution in [0.1, 0.15) is 5.82 Å². The van der Waals surface area contributed by atoms with E-state index in [1.54, 1.807) is 42.2 Å². The van der Waals surface area contributed by atoms with Crippen molar-refractivity contribution in [3.05, 3.63) is 60.4 Å². The van der Waals surface area contributed by atoms with Crippen LogP contribution in [0.25, 0.3) is 10.9 Å². The van der Waals surface area contributed by atoms with E-state index < -0.39 is 10.0 Å². The van der Waals surface area contributed by atoms with Gasteiger partial charge >= 0.3 is 0 Å². The number of rotatable bonds is 5. The normalized spacial score (nSPS) is 15.3. The minimum absolute atomic E-state index is 0.161. The van der Waals surface area contributed by atoms with E-state index in [0.717, 1.165) is 10.9 Å². The lowest BCUT2D eigenvalue weighted by Gasteiger charge is -2.33. The molecule has 0 radical (unpaired) electrons. The van der Waals surface area contributed by atoms with Crippen LogP contribution in [0.15, 0.2) is 59.5 Å². The summed E-state index contributed by atoms with van der Waals surface area (Å²) < 4.78 is 32.5. The van der Waals surface area contributed by atoms with Crippen molar-refractivity contribution in [2.45, 2.75) is 11.8 Å². The van der Waals surface area contributed by atoms with Crippen molar-refractivity contribution in [2.24, 2.45) is 0 Å². The highest BCUT2D eigenvalue weighted by Crippen LogP contribution is 2.22. The smallest absolute Gasteiger partial charge is 0.260 e. The van der Waals surface area contributed by atoms with Gasteiger partial charge in [-0.2, -0.15) is 9.29 Å². The van der Waals surface area contributed by atoms with Crippen molar-refractivity contribution in [3.63, 3.8) is 0 Å². The molecular weight excluding hydrogens is 404 g/mol. The number of ether oxygens (including phenoxy) is 1. The maximum absolute atomic E-state index is 12.7. The Morgan fingerprint density at radius 1 is 0.967 bits per heavy atom. The van der Waals surface area contributed by atoms with Crippen LogP contribution in [-0.2, 0) is 14.8 Å². The molecule has 156 valence electrons. The average Bonchev–Trinajstić information content (AvgIpc) is 2.77. The summed E-state index contributed by atoms with van der Waals surface area (Å²) in [5.41, 5.74) is 0.757. The zero-order valence-electron chi connectivity index (χ0n) is 16.6. The van der Waals surface area contributed by atoms with Crippen LogP contribution in [-0.4, -0.2) is 66.3 Å². The van der Waals surface area contributed by atoms with Gasteiger partial charge in [0.25, 0.3) is 5.91 Å². The third kappa shape index (κ3) is 4.12. The number of benzene rings is 2. The van der Waals surface area contributed by atoms with Crippen LogP contribution in [0.5, 0.6) is 5.88 Å². The Hall–Kier alpha value is -3.04. The van der Waals surface area contributed by atoms with Gasteiger partial charge in [-0.25, -0.2) is 13.4 Å². The van der Waals surface area contributed by atoms with Crippen LogP contribution >= 0.6 is 0 Å². The Morgan fingerprint density at radius 2 is 1.63 bits per heavy atom. The highest BCUT2D eigenvalue weighted by Gasteiger charge is 2.30. The SMILES string of the molecule is Cc1nc(OCC(=O)N2CCN(S(=O)(=O)c3ccccc3)CC2)c2ccccc2n1. The van der Waals surface area contributed by atoms with E-state index >= 15 is 0 Å². The zero-order valence-corrected chi connectivity index (χ0v) is 17.4. The van der Waals surface area contributed by atoms with E-state index in [9.17, 15) is 13.2 Å². The summed E-state index contributed by atoms with van der Waals surface area (Å²) in [6, 6.07) is 15.8. The van der Waals surface area contributed by atoms with Crippen molar-refractivity contribution in [3.8, 4) is 5.88 Å².